The van der Waals surface area contributed by atoms with Gasteiger partial charge in [-0.25, -0.2) is 4.98 Å². The Kier molecular flexibility index (Phi) is 2.95. The summed E-state index contributed by atoms with van der Waals surface area (Å²) in [4.78, 5) is 7.64. The third-order valence-corrected chi connectivity index (χ3v) is 3.18. The maximum Gasteiger partial charge on any atom is 0.104 e. The molecule has 19 heavy (non-hydrogen) atoms. The standard InChI is InChI=1S/C14H17N5/c1-3-19-12(6-7-16-19)9-15-11-4-5-13-14(8-11)18-10(2)17-13/h4-8,15H,3,9H2,1-2H3,(H,17,18). The lowest BCUT2D eigenvalue weighted by Gasteiger charge is -2.08. The number of fused-ring (bicyclic) bond motifs is 1. The van der Waals surface area contributed by atoms with E-state index in [4.69, 9.17) is 0 Å². The molecule has 0 aliphatic rings. The van der Waals surface area contributed by atoms with Crippen LogP contribution in [0.25, 0.3) is 11.0 Å². The van der Waals surface area contributed by atoms with Gasteiger partial charge in [0, 0.05) is 18.4 Å². The molecular formula is C14H17N5. The molecule has 0 fully saturated rings. The number of aryl methyl sites for hydroxylation is 2. The molecular weight excluding hydrogens is 238 g/mol. The Labute approximate surface area is 111 Å². The second kappa shape index (κ2) is 4.76. The van der Waals surface area contributed by atoms with Crippen LogP contribution in [0.5, 0.6) is 0 Å². The second-order valence-electron chi connectivity index (χ2n) is 4.55. The normalized spacial score (nSPS) is 11.1. The molecule has 98 valence electrons. The Hall–Kier alpha value is -2.30. The summed E-state index contributed by atoms with van der Waals surface area (Å²) >= 11 is 0. The number of nitrogens with one attached hydrogen (secondary N) is 2. The van der Waals surface area contributed by atoms with Gasteiger partial charge in [-0.1, -0.05) is 0 Å². The molecule has 0 radical (unpaired) electrons. The van der Waals surface area contributed by atoms with Crippen molar-refractivity contribution in [2.24, 2.45) is 0 Å². The van der Waals surface area contributed by atoms with Crippen LogP contribution >= 0.6 is 0 Å². The van der Waals surface area contributed by atoms with Crippen molar-refractivity contribution in [1.29, 1.82) is 0 Å². The molecule has 5 heteroatoms. The fourth-order valence-electron chi connectivity index (χ4n) is 2.23. The monoisotopic (exact) mass is 255 g/mol. The highest BCUT2D eigenvalue weighted by Crippen LogP contribution is 2.17. The van der Waals surface area contributed by atoms with Crippen LogP contribution in [0.1, 0.15) is 18.4 Å². The molecule has 1 aromatic carbocycles. The van der Waals surface area contributed by atoms with Crippen molar-refractivity contribution >= 4 is 16.7 Å². The van der Waals surface area contributed by atoms with E-state index in [1.165, 1.54) is 5.69 Å². The van der Waals surface area contributed by atoms with Crippen LogP contribution < -0.4 is 5.32 Å². The van der Waals surface area contributed by atoms with E-state index in [0.717, 1.165) is 35.6 Å². The molecule has 5 nitrogen and oxygen atoms in total. The van der Waals surface area contributed by atoms with Crippen LogP contribution in [0.2, 0.25) is 0 Å². The fraction of sp³-hybridized carbons (Fsp3) is 0.286. The summed E-state index contributed by atoms with van der Waals surface area (Å²) in [5.74, 6) is 0.941. The molecule has 3 aromatic rings. The summed E-state index contributed by atoms with van der Waals surface area (Å²) in [5.41, 5.74) is 4.33. The lowest BCUT2D eigenvalue weighted by Crippen LogP contribution is -2.07. The maximum atomic E-state index is 4.39. The molecule has 2 N–H and O–H groups in total. The lowest BCUT2D eigenvalue weighted by atomic mass is 10.2. The molecule has 0 spiro atoms. The molecule has 2 aromatic heterocycles. The van der Waals surface area contributed by atoms with E-state index in [-0.39, 0.29) is 0 Å². The predicted molar refractivity (Wildman–Crippen MR) is 76.1 cm³/mol. The van der Waals surface area contributed by atoms with Crippen LogP contribution in [0, 0.1) is 6.92 Å². The van der Waals surface area contributed by atoms with Crippen molar-refractivity contribution in [2.75, 3.05) is 5.32 Å². The molecule has 0 unspecified atom stereocenters. The summed E-state index contributed by atoms with van der Waals surface area (Å²) in [7, 11) is 0. The van der Waals surface area contributed by atoms with Crippen molar-refractivity contribution < 1.29 is 0 Å². The van der Waals surface area contributed by atoms with Gasteiger partial charge in [-0.3, -0.25) is 4.68 Å². The van der Waals surface area contributed by atoms with Gasteiger partial charge in [-0.2, -0.15) is 5.10 Å². The largest absolute Gasteiger partial charge is 0.379 e. The predicted octanol–water partition coefficient (Wildman–Crippen LogP) is 2.70. The van der Waals surface area contributed by atoms with Crippen LogP contribution in [-0.4, -0.2) is 19.7 Å². The van der Waals surface area contributed by atoms with Crippen LogP contribution in [0.3, 0.4) is 0 Å². The Morgan fingerprint density at radius 2 is 2.21 bits per heavy atom. The Morgan fingerprint density at radius 1 is 1.32 bits per heavy atom. The van der Waals surface area contributed by atoms with E-state index in [1.54, 1.807) is 0 Å². The molecule has 0 bridgehead atoms. The van der Waals surface area contributed by atoms with Crippen molar-refractivity contribution in [3.05, 3.63) is 42.0 Å². The van der Waals surface area contributed by atoms with Gasteiger partial charge in [0.25, 0.3) is 0 Å². The van der Waals surface area contributed by atoms with Gasteiger partial charge in [0.1, 0.15) is 5.82 Å². The maximum absolute atomic E-state index is 4.39. The van der Waals surface area contributed by atoms with Gasteiger partial charge in [0.2, 0.25) is 0 Å². The average molecular weight is 255 g/mol. The SMILES string of the molecule is CCn1nccc1CNc1ccc2nc(C)[nH]c2c1. The van der Waals surface area contributed by atoms with Gasteiger partial charge in [0.15, 0.2) is 0 Å². The Bertz CT molecular complexity index is 695. The minimum Gasteiger partial charge on any atom is -0.379 e. The highest BCUT2D eigenvalue weighted by Gasteiger charge is 2.03. The zero-order chi connectivity index (χ0) is 13.2. The van der Waals surface area contributed by atoms with E-state index >= 15 is 0 Å². The first-order valence-corrected chi connectivity index (χ1v) is 6.47. The zero-order valence-electron chi connectivity index (χ0n) is 11.1. The minimum absolute atomic E-state index is 0.770. The van der Waals surface area contributed by atoms with Gasteiger partial charge < -0.3 is 10.3 Å². The number of nitrogens with zero attached hydrogens (tertiary/aromatic N) is 3. The molecule has 0 saturated carbocycles. The van der Waals surface area contributed by atoms with Crippen LogP contribution in [-0.2, 0) is 13.1 Å². The van der Waals surface area contributed by atoms with Crippen molar-refractivity contribution in [1.82, 2.24) is 19.7 Å². The third kappa shape index (κ3) is 2.31. The van der Waals surface area contributed by atoms with E-state index < -0.39 is 0 Å². The highest BCUT2D eigenvalue weighted by atomic mass is 15.3. The Morgan fingerprint density at radius 3 is 3.05 bits per heavy atom. The molecule has 0 aliphatic carbocycles. The third-order valence-electron chi connectivity index (χ3n) is 3.18. The second-order valence-corrected chi connectivity index (χ2v) is 4.55. The number of aromatic amines is 1. The molecule has 0 saturated heterocycles. The first-order chi connectivity index (χ1) is 9.26. The van der Waals surface area contributed by atoms with E-state index in [0.29, 0.717) is 0 Å². The summed E-state index contributed by atoms with van der Waals surface area (Å²) in [6.45, 7) is 5.72. The van der Waals surface area contributed by atoms with E-state index in [9.17, 15) is 0 Å². The quantitative estimate of drug-likeness (QED) is 0.753. The summed E-state index contributed by atoms with van der Waals surface area (Å²) in [6.07, 6.45) is 1.84. The smallest absolute Gasteiger partial charge is 0.104 e. The van der Waals surface area contributed by atoms with Crippen LogP contribution in [0.4, 0.5) is 5.69 Å². The van der Waals surface area contributed by atoms with Gasteiger partial charge in [-0.15, -0.1) is 0 Å². The number of hydrogen-bond acceptors (Lipinski definition) is 3. The number of benzene rings is 1. The molecule has 2 heterocycles. The van der Waals surface area contributed by atoms with E-state index in [2.05, 4.69) is 39.4 Å². The number of anilines is 1. The van der Waals surface area contributed by atoms with Crippen molar-refractivity contribution in [2.45, 2.75) is 26.9 Å². The number of hydrogen-bond donors (Lipinski definition) is 2. The average Bonchev–Trinajstić information content (AvgIpc) is 3.00. The van der Waals surface area contributed by atoms with E-state index in [1.807, 2.05) is 29.9 Å². The highest BCUT2D eigenvalue weighted by molar-refractivity contribution is 5.79. The topological polar surface area (TPSA) is 58.5 Å². The number of H-pyrrole nitrogens is 1. The molecule has 0 atom stereocenters. The van der Waals surface area contributed by atoms with Gasteiger partial charge in [0.05, 0.1) is 23.3 Å². The summed E-state index contributed by atoms with van der Waals surface area (Å²) in [5, 5.41) is 7.68. The van der Waals surface area contributed by atoms with Gasteiger partial charge in [-0.05, 0) is 38.1 Å². The first-order valence-electron chi connectivity index (χ1n) is 6.47. The first kappa shape index (κ1) is 11.8. The zero-order valence-corrected chi connectivity index (χ0v) is 11.1. The van der Waals surface area contributed by atoms with Gasteiger partial charge >= 0.3 is 0 Å². The minimum atomic E-state index is 0.770. The number of rotatable bonds is 4. The molecule has 0 amide bonds. The molecule has 0 aliphatic heterocycles. The van der Waals surface area contributed by atoms with Crippen molar-refractivity contribution in [3.8, 4) is 0 Å². The number of imidazole rings is 1. The fourth-order valence-corrected chi connectivity index (χ4v) is 2.23. The summed E-state index contributed by atoms with van der Waals surface area (Å²) < 4.78 is 1.99. The number of aromatic nitrogens is 4. The Balaban J connectivity index is 1.78. The van der Waals surface area contributed by atoms with Crippen LogP contribution in [0.15, 0.2) is 30.5 Å². The summed E-state index contributed by atoms with van der Waals surface area (Å²) in [6, 6.07) is 8.20. The molecule has 3 rings (SSSR count). The van der Waals surface area contributed by atoms with Crippen molar-refractivity contribution in [3.63, 3.8) is 0 Å². The lowest BCUT2D eigenvalue weighted by molar-refractivity contribution is 0.627.